The summed E-state index contributed by atoms with van der Waals surface area (Å²) < 4.78 is 6.42. The lowest BCUT2D eigenvalue weighted by Crippen LogP contribution is -1.94. The third kappa shape index (κ3) is 2.53. The third-order valence-corrected chi connectivity index (χ3v) is 5.47. The largest absolute Gasteiger partial charge is 0.497 e. The zero-order valence-electron chi connectivity index (χ0n) is 14.8. The maximum atomic E-state index is 11.6. The summed E-state index contributed by atoms with van der Waals surface area (Å²) in [7, 11) is 1.64. The normalized spacial score (nSPS) is 11.2. The molecule has 0 fully saturated rings. The number of carbonyl (C=O) groups is 1. The van der Waals surface area contributed by atoms with Gasteiger partial charge in [-0.3, -0.25) is 4.79 Å². The number of rotatable bonds is 3. The third-order valence-electron chi connectivity index (χ3n) is 4.97. The van der Waals surface area contributed by atoms with Crippen LogP contribution in [0.4, 0.5) is 0 Å². The van der Waals surface area contributed by atoms with Crippen molar-refractivity contribution in [3.63, 3.8) is 0 Å². The number of H-pyrrole nitrogens is 1. The first-order chi connectivity index (χ1) is 12.5. The van der Waals surface area contributed by atoms with E-state index in [9.17, 15) is 4.79 Å². The van der Waals surface area contributed by atoms with Crippen molar-refractivity contribution in [3.8, 4) is 16.9 Å². The monoisotopic (exact) mass is 407 g/mol. The minimum atomic E-state index is 0.661. The molecule has 0 aliphatic carbocycles. The lowest BCUT2D eigenvalue weighted by molar-refractivity contribution is 0.112. The lowest BCUT2D eigenvalue weighted by Gasteiger charge is -2.13. The minimum absolute atomic E-state index is 0.661. The van der Waals surface area contributed by atoms with Crippen LogP contribution in [0.2, 0.25) is 0 Å². The van der Waals surface area contributed by atoms with E-state index in [-0.39, 0.29) is 0 Å². The van der Waals surface area contributed by atoms with Crippen molar-refractivity contribution in [1.82, 2.24) is 4.98 Å². The number of methoxy groups -OCH3 is 1. The first-order valence-corrected chi connectivity index (χ1v) is 9.17. The van der Waals surface area contributed by atoms with Gasteiger partial charge in [-0.05, 0) is 78.6 Å². The lowest BCUT2D eigenvalue weighted by atomic mass is 9.91. The van der Waals surface area contributed by atoms with Crippen LogP contribution in [-0.2, 0) is 0 Å². The highest BCUT2D eigenvalue weighted by Crippen LogP contribution is 2.39. The number of aromatic amines is 1. The van der Waals surface area contributed by atoms with Crippen LogP contribution in [0.1, 0.15) is 21.5 Å². The Bertz CT molecular complexity index is 1170. The molecule has 0 atom stereocenters. The van der Waals surface area contributed by atoms with Gasteiger partial charge in [0.2, 0.25) is 0 Å². The highest BCUT2D eigenvalue weighted by molar-refractivity contribution is 9.10. The zero-order chi connectivity index (χ0) is 18.4. The molecular weight excluding hydrogens is 390 g/mol. The van der Waals surface area contributed by atoms with Crippen LogP contribution in [0.3, 0.4) is 0 Å². The van der Waals surface area contributed by atoms with Gasteiger partial charge in [0.15, 0.2) is 6.29 Å². The summed E-state index contributed by atoms with van der Waals surface area (Å²) in [5.41, 5.74) is 7.14. The summed E-state index contributed by atoms with van der Waals surface area (Å²) >= 11 is 3.57. The molecule has 4 aromatic rings. The summed E-state index contributed by atoms with van der Waals surface area (Å²) in [6.45, 7) is 4.20. The van der Waals surface area contributed by atoms with E-state index in [1.807, 2.05) is 24.3 Å². The molecular formula is C22H18BrNO2. The molecule has 1 heterocycles. The average Bonchev–Trinajstić information content (AvgIpc) is 3.03. The molecule has 4 heteroatoms. The number of halogens is 1. The van der Waals surface area contributed by atoms with E-state index in [0.717, 1.165) is 49.8 Å². The van der Waals surface area contributed by atoms with E-state index < -0.39 is 0 Å². The second kappa shape index (κ2) is 6.29. The topological polar surface area (TPSA) is 42.1 Å². The maximum Gasteiger partial charge on any atom is 0.150 e. The number of aromatic nitrogens is 1. The molecule has 0 bridgehead atoms. The van der Waals surface area contributed by atoms with Gasteiger partial charge in [0.1, 0.15) is 5.75 Å². The van der Waals surface area contributed by atoms with Gasteiger partial charge in [-0.1, -0.05) is 15.9 Å². The highest BCUT2D eigenvalue weighted by atomic mass is 79.9. The highest BCUT2D eigenvalue weighted by Gasteiger charge is 2.16. The molecule has 130 valence electrons. The number of benzene rings is 3. The van der Waals surface area contributed by atoms with Crippen molar-refractivity contribution in [2.45, 2.75) is 13.8 Å². The van der Waals surface area contributed by atoms with E-state index in [0.29, 0.717) is 5.56 Å². The Morgan fingerprint density at radius 2 is 1.85 bits per heavy atom. The van der Waals surface area contributed by atoms with Crippen molar-refractivity contribution in [2.24, 2.45) is 0 Å². The van der Waals surface area contributed by atoms with Gasteiger partial charge < -0.3 is 9.72 Å². The Labute approximate surface area is 160 Å². The second-order valence-corrected chi connectivity index (χ2v) is 7.42. The molecule has 3 aromatic carbocycles. The Morgan fingerprint density at radius 1 is 1.04 bits per heavy atom. The number of fused-ring (bicyclic) bond motifs is 3. The van der Waals surface area contributed by atoms with Gasteiger partial charge in [-0.25, -0.2) is 0 Å². The van der Waals surface area contributed by atoms with Crippen molar-refractivity contribution in [3.05, 3.63) is 63.6 Å². The summed E-state index contributed by atoms with van der Waals surface area (Å²) in [5, 5.41) is 2.36. The van der Waals surface area contributed by atoms with Crippen molar-refractivity contribution < 1.29 is 9.53 Å². The smallest absolute Gasteiger partial charge is 0.150 e. The van der Waals surface area contributed by atoms with Crippen LogP contribution in [0.25, 0.3) is 32.9 Å². The number of ether oxygens (including phenoxy) is 1. The zero-order valence-corrected chi connectivity index (χ0v) is 16.4. The summed E-state index contributed by atoms with van der Waals surface area (Å²) in [6, 6.07) is 14.0. The van der Waals surface area contributed by atoms with Crippen LogP contribution < -0.4 is 4.74 Å². The summed E-state index contributed by atoms with van der Waals surface area (Å²) in [4.78, 5) is 15.1. The van der Waals surface area contributed by atoms with E-state index >= 15 is 0 Å². The van der Waals surface area contributed by atoms with E-state index in [1.165, 1.54) is 10.8 Å². The molecule has 0 saturated carbocycles. The minimum Gasteiger partial charge on any atom is -0.497 e. The van der Waals surface area contributed by atoms with Crippen molar-refractivity contribution in [2.75, 3.05) is 7.11 Å². The molecule has 0 radical (unpaired) electrons. The molecule has 3 nitrogen and oxygen atoms in total. The standard InChI is InChI=1S/C22H18BrNO2/c1-12-8-17(18-10-16(26-3)6-4-14(18)11-25)13(2)21-19-9-15(23)5-7-20(19)24-22(12)21/h4-11,24H,1-3H3. The SMILES string of the molecule is COc1ccc(C=O)c(-c2cc(C)c3[nH]c4ccc(Br)cc4c3c2C)c1. The molecule has 0 amide bonds. The fourth-order valence-corrected chi connectivity index (χ4v) is 4.02. The quantitative estimate of drug-likeness (QED) is 0.411. The number of carbonyl (C=O) groups excluding carboxylic acids is 1. The van der Waals surface area contributed by atoms with Gasteiger partial charge in [0, 0.05) is 31.8 Å². The molecule has 1 aromatic heterocycles. The van der Waals surface area contributed by atoms with E-state index in [2.05, 4.69) is 53.0 Å². The summed E-state index contributed by atoms with van der Waals surface area (Å²) in [5.74, 6) is 0.740. The molecule has 0 spiro atoms. The van der Waals surface area contributed by atoms with Crippen LogP contribution in [0, 0.1) is 13.8 Å². The number of nitrogens with one attached hydrogen (secondary N) is 1. The van der Waals surface area contributed by atoms with Gasteiger partial charge in [-0.2, -0.15) is 0 Å². The molecule has 0 saturated heterocycles. The molecule has 1 N–H and O–H groups in total. The summed E-state index contributed by atoms with van der Waals surface area (Å²) in [6.07, 6.45) is 0.902. The number of aryl methyl sites for hydroxylation is 2. The van der Waals surface area contributed by atoms with Crippen LogP contribution in [0.15, 0.2) is 46.9 Å². The van der Waals surface area contributed by atoms with E-state index in [4.69, 9.17) is 4.74 Å². The fraction of sp³-hybridized carbons (Fsp3) is 0.136. The van der Waals surface area contributed by atoms with Gasteiger partial charge in [0.05, 0.1) is 7.11 Å². The number of aldehydes is 1. The average molecular weight is 408 g/mol. The van der Waals surface area contributed by atoms with Crippen molar-refractivity contribution in [1.29, 1.82) is 0 Å². The Hall–Kier alpha value is -2.59. The van der Waals surface area contributed by atoms with Gasteiger partial charge >= 0.3 is 0 Å². The maximum absolute atomic E-state index is 11.6. The van der Waals surface area contributed by atoms with Gasteiger partial charge in [-0.15, -0.1) is 0 Å². The van der Waals surface area contributed by atoms with Crippen molar-refractivity contribution >= 4 is 44.0 Å². The van der Waals surface area contributed by atoms with Crippen LogP contribution in [0.5, 0.6) is 5.75 Å². The first kappa shape index (κ1) is 16.9. The molecule has 0 unspecified atom stereocenters. The molecule has 26 heavy (non-hydrogen) atoms. The number of hydrogen-bond acceptors (Lipinski definition) is 2. The first-order valence-electron chi connectivity index (χ1n) is 8.38. The Kier molecular flexibility index (Phi) is 4.08. The second-order valence-electron chi connectivity index (χ2n) is 6.50. The molecule has 0 aliphatic rings. The predicted octanol–water partition coefficient (Wildman–Crippen LogP) is 6.19. The van der Waals surface area contributed by atoms with Crippen LogP contribution >= 0.6 is 15.9 Å². The van der Waals surface area contributed by atoms with Gasteiger partial charge in [0.25, 0.3) is 0 Å². The van der Waals surface area contributed by atoms with Crippen LogP contribution in [-0.4, -0.2) is 18.4 Å². The number of hydrogen-bond donors (Lipinski definition) is 1. The Balaban J connectivity index is 2.12. The molecule has 4 rings (SSSR count). The molecule has 0 aliphatic heterocycles. The fourth-order valence-electron chi connectivity index (χ4n) is 3.66. The Morgan fingerprint density at radius 3 is 2.58 bits per heavy atom. The van der Waals surface area contributed by atoms with E-state index in [1.54, 1.807) is 7.11 Å². The predicted molar refractivity (Wildman–Crippen MR) is 110 cm³/mol.